The molecule has 6 heteroatoms. The zero-order chi connectivity index (χ0) is 19.0. The number of fused-ring (bicyclic) bond motifs is 2. The van der Waals surface area contributed by atoms with Crippen LogP contribution in [0.4, 0.5) is 5.69 Å². The van der Waals surface area contributed by atoms with Crippen LogP contribution in [0.1, 0.15) is 15.9 Å². The Balaban J connectivity index is 1.82. The number of carbonyl (C=O) groups is 1. The van der Waals surface area contributed by atoms with Gasteiger partial charge in [-0.1, -0.05) is 24.3 Å². The van der Waals surface area contributed by atoms with Crippen LogP contribution in [-0.2, 0) is 13.6 Å². The number of amides is 1. The van der Waals surface area contributed by atoms with Gasteiger partial charge in [0.05, 0.1) is 23.3 Å². The molecule has 2 heterocycles. The van der Waals surface area contributed by atoms with Gasteiger partial charge in [0.25, 0.3) is 5.91 Å². The molecule has 4 rings (SSSR count). The Morgan fingerprint density at radius 3 is 2.96 bits per heavy atom. The first-order valence-electron chi connectivity index (χ1n) is 8.73. The van der Waals surface area contributed by atoms with Crippen molar-refractivity contribution in [2.75, 3.05) is 18.9 Å². The maximum absolute atomic E-state index is 12.9. The van der Waals surface area contributed by atoms with Gasteiger partial charge in [-0.05, 0) is 28.8 Å². The number of benzene rings is 2. The summed E-state index contributed by atoms with van der Waals surface area (Å²) in [6.07, 6.45) is 4.97. The summed E-state index contributed by atoms with van der Waals surface area (Å²) in [6, 6.07) is 12.2. The molecule has 1 N–H and O–H groups in total. The fourth-order valence-corrected chi connectivity index (χ4v) is 3.65. The molecule has 134 valence electrons. The average molecular weight is 357 g/mol. The first-order valence-corrected chi connectivity index (χ1v) is 8.73. The van der Waals surface area contributed by atoms with E-state index in [2.05, 4.69) is 34.7 Å². The lowest BCUT2D eigenvalue weighted by Crippen LogP contribution is -2.24. The molecule has 1 amide bonds. The molecule has 0 unspecified atom stereocenters. The van der Waals surface area contributed by atoms with Crippen molar-refractivity contribution in [1.82, 2.24) is 14.7 Å². The molecule has 0 radical (unpaired) electrons. The minimum atomic E-state index is -0.0135. The molecule has 0 saturated carbocycles. The van der Waals surface area contributed by atoms with Crippen molar-refractivity contribution in [3.05, 3.63) is 59.8 Å². The second-order valence-electron chi connectivity index (χ2n) is 6.52. The van der Waals surface area contributed by atoms with Gasteiger partial charge in [0.1, 0.15) is 0 Å². The summed E-state index contributed by atoms with van der Waals surface area (Å²) in [5, 5.41) is 17.2. The highest BCUT2D eigenvalue weighted by atomic mass is 16.2. The largest absolute Gasteiger partial charge is 0.387 e. The Hall–Kier alpha value is -3.59. The SMILES string of the molecule is CNc1ccc(-c2ccc3cnn(C)c3c2)c2c1C(=O)N(C/C=C/C#N)C2. The van der Waals surface area contributed by atoms with E-state index >= 15 is 0 Å². The molecule has 1 aliphatic rings. The highest BCUT2D eigenvalue weighted by Gasteiger charge is 2.31. The van der Waals surface area contributed by atoms with E-state index in [1.165, 1.54) is 6.08 Å². The lowest BCUT2D eigenvalue weighted by molar-refractivity contribution is 0.0797. The van der Waals surface area contributed by atoms with Crippen LogP contribution in [0.15, 0.2) is 48.7 Å². The quantitative estimate of drug-likeness (QED) is 0.727. The van der Waals surface area contributed by atoms with E-state index in [0.29, 0.717) is 18.7 Å². The number of carbonyl (C=O) groups excluding carboxylic acids is 1. The number of aromatic nitrogens is 2. The average Bonchev–Trinajstić information content (AvgIpc) is 3.22. The fraction of sp³-hybridized carbons (Fsp3) is 0.190. The first kappa shape index (κ1) is 16.9. The van der Waals surface area contributed by atoms with Crippen LogP contribution in [0.25, 0.3) is 22.0 Å². The van der Waals surface area contributed by atoms with Gasteiger partial charge in [-0.25, -0.2) is 0 Å². The summed E-state index contributed by atoms with van der Waals surface area (Å²) >= 11 is 0. The molecule has 3 aromatic rings. The van der Waals surface area contributed by atoms with Gasteiger partial charge in [0, 0.05) is 44.3 Å². The van der Waals surface area contributed by atoms with E-state index in [1.54, 1.807) is 11.0 Å². The predicted molar refractivity (Wildman–Crippen MR) is 105 cm³/mol. The fourth-order valence-electron chi connectivity index (χ4n) is 3.65. The number of allylic oxidation sites excluding steroid dienone is 1. The van der Waals surface area contributed by atoms with Gasteiger partial charge >= 0.3 is 0 Å². The van der Waals surface area contributed by atoms with Crippen LogP contribution in [0.2, 0.25) is 0 Å². The number of hydrogen-bond acceptors (Lipinski definition) is 4. The monoisotopic (exact) mass is 357 g/mol. The molecule has 0 saturated heterocycles. The van der Waals surface area contributed by atoms with Gasteiger partial charge in [-0.15, -0.1) is 0 Å². The molecule has 0 atom stereocenters. The van der Waals surface area contributed by atoms with E-state index in [1.807, 2.05) is 37.1 Å². The Morgan fingerprint density at radius 1 is 1.33 bits per heavy atom. The summed E-state index contributed by atoms with van der Waals surface area (Å²) in [7, 11) is 3.75. The first-order chi connectivity index (χ1) is 13.1. The van der Waals surface area contributed by atoms with Crippen molar-refractivity contribution >= 4 is 22.5 Å². The van der Waals surface area contributed by atoms with Crippen LogP contribution in [0.3, 0.4) is 0 Å². The molecule has 1 aromatic heterocycles. The number of aryl methyl sites for hydroxylation is 1. The third kappa shape index (κ3) is 2.74. The van der Waals surface area contributed by atoms with Crippen molar-refractivity contribution in [2.45, 2.75) is 6.54 Å². The van der Waals surface area contributed by atoms with Crippen LogP contribution in [0.5, 0.6) is 0 Å². The molecule has 0 bridgehead atoms. The van der Waals surface area contributed by atoms with Crippen molar-refractivity contribution in [2.24, 2.45) is 7.05 Å². The Morgan fingerprint density at radius 2 is 2.19 bits per heavy atom. The van der Waals surface area contributed by atoms with Crippen molar-refractivity contribution < 1.29 is 4.79 Å². The lowest BCUT2D eigenvalue weighted by atomic mass is 9.95. The summed E-state index contributed by atoms with van der Waals surface area (Å²) in [5.41, 5.74) is 5.72. The summed E-state index contributed by atoms with van der Waals surface area (Å²) in [4.78, 5) is 14.7. The Kier molecular flexibility index (Phi) is 4.13. The van der Waals surface area contributed by atoms with E-state index in [4.69, 9.17) is 5.26 Å². The molecular formula is C21H19N5O. The zero-order valence-electron chi connectivity index (χ0n) is 15.2. The highest BCUT2D eigenvalue weighted by Crippen LogP contribution is 2.37. The highest BCUT2D eigenvalue weighted by molar-refractivity contribution is 6.06. The summed E-state index contributed by atoms with van der Waals surface area (Å²) in [6.45, 7) is 0.947. The van der Waals surface area contributed by atoms with Crippen LogP contribution >= 0.6 is 0 Å². The standard InChI is InChI=1S/C21H19N5O/c1-23-18-8-7-16(14-5-6-15-12-24-25(2)19(15)11-14)17-13-26(10-4-3-9-22)21(27)20(17)18/h3-8,11-12,23H,10,13H2,1-2H3/b4-3+. The molecule has 0 spiro atoms. The summed E-state index contributed by atoms with van der Waals surface area (Å²) < 4.78 is 1.85. The number of anilines is 1. The van der Waals surface area contributed by atoms with Crippen molar-refractivity contribution in [3.8, 4) is 17.2 Å². The van der Waals surface area contributed by atoms with Crippen molar-refractivity contribution in [1.29, 1.82) is 5.26 Å². The molecule has 2 aromatic carbocycles. The second-order valence-corrected chi connectivity index (χ2v) is 6.52. The smallest absolute Gasteiger partial charge is 0.256 e. The van der Waals surface area contributed by atoms with Gasteiger partial charge < -0.3 is 10.2 Å². The molecule has 0 aliphatic carbocycles. The zero-order valence-corrected chi connectivity index (χ0v) is 15.2. The topological polar surface area (TPSA) is 74.0 Å². The lowest BCUT2D eigenvalue weighted by Gasteiger charge is -2.12. The third-order valence-electron chi connectivity index (χ3n) is 5.01. The molecule has 27 heavy (non-hydrogen) atoms. The molecule has 0 fully saturated rings. The van der Waals surface area contributed by atoms with Crippen LogP contribution in [-0.4, -0.2) is 34.2 Å². The normalized spacial score (nSPS) is 13.4. The third-order valence-corrected chi connectivity index (χ3v) is 5.01. The Labute approximate surface area is 157 Å². The van der Waals surface area contributed by atoms with Crippen LogP contribution in [0, 0.1) is 11.3 Å². The van der Waals surface area contributed by atoms with Crippen LogP contribution < -0.4 is 5.32 Å². The molecule has 6 nitrogen and oxygen atoms in total. The number of nitrogens with one attached hydrogen (secondary N) is 1. The van der Waals surface area contributed by atoms with E-state index in [9.17, 15) is 4.79 Å². The predicted octanol–water partition coefficient (Wildman–Crippen LogP) is 3.32. The maximum atomic E-state index is 12.9. The number of rotatable bonds is 4. The van der Waals surface area contributed by atoms with E-state index < -0.39 is 0 Å². The van der Waals surface area contributed by atoms with Crippen molar-refractivity contribution in [3.63, 3.8) is 0 Å². The number of hydrogen-bond donors (Lipinski definition) is 1. The van der Waals surface area contributed by atoms with Gasteiger partial charge in [-0.2, -0.15) is 10.4 Å². The van der Waals surface area contributed by atoms with Gasteiger partial charge in [0.2, 0.25) is 0 Å². The minimum absolute atomic E-state index is 0.0135. The number of nitrogens with zero attached hydrogens (tertiary/aromatic N) is 4. The van der Waals surface area contributed by atoms with E-state index in [0.717, 1.165) is 33.3 Å². The second kappa shape index (κ2) is 6.61. The summed E-state index contributed by atoms with van der Waals surface area (Å²) in [5.74, 6) is -0.0135. The Bertz CT molecular complexity index is 1120. The maximum Gasteiger partial charge on any atom is 0.256 e. The molecular weight excluding hydrogens is 338 g/mol. The minimum Gasteiger partial charge on any atom is -0.387 e. The number of nitriles is 1. The van der Waals surface area contributed by atoms with Gasteiger partial charge in [-0.3, -0.25) is 9.48 Å². The molecule has 1 aliphatic heterocycles. The van der Waals surface area contributed by atoms with E-state index in [-0.39, 0.29) is 5.91 Å². The van der Waals surface area contributed by atoms with Gasteiger partial charge in [0.15, 0.2) is 0 Å².